The Morgan fingerprint density at radius 1 is 0.886 bits per heavy atom. The van der Waals surface area contributed by atoms with E-state index in [1.165, 1.54) is 22.4 Å². The number of amides is 1. The van der Waals surface area contributed by atoms with Crippen LogP contribution < -0.4 is 4.90 Å². The summed E-state index contributed by atoms with van der Waals surface area (Å²) >= 11 is 0. The van der Waals surface area contributed by atoms with Gasteiger partial charge < -0.3 is 4.90 Å². The SMILES string of the molecule is Cc1ccc(C(=O)N2CC3(CCN(Cc4ccc5ccccc5c4)CC3)c3cc(F)ccc32)cc1. The van der Waals surface area contributed by atoms with Crippen LogP contribution in [0.1, 0.15) is 39.9 Å². The molecule has 4 aromatic rings. The lowest BCUT2D eigenvalue weighted by molar-refractivity contribution is 0.0975. The molecule has 0 atom stereocenters. The molecule has 176 valence electrons. The molecule has 2 aliphatic rings. The number of carbonyl (C=O) groups is 1. The summed E-state index contributed by atoms with van der Waals surface area (Å²) in [5.41, 5.74) is 4.77. The van der Waals surface area contributed by atoms with Crippen LogP contribution in [0.25, 0.3) is 10.8 Å². The first-order valence-corrected chi connectivity index (χ1v) is 12.4. The smallest absolute Gasteiger partial charge is 0.258 e. The highest BCUT2D eigenvalue weighted by atomic mass is 19.1. The quantitative estimate of drug-likeness (QED) is 0.346. The molecule has 6 rings (SSSR count). The Morgan fingerprint density at radius 3 is 2.40 bits per heavy atom. The number of nitrogens with zero attached hydrogens (tertiary/aromatic N) is 2. The van der Waals surface area contributed by atoms with Crippen LogP contribution in [0.15, 0.2) is 84.9 Å². The number of piperidine rings is 1. The van der Waals surface area contributed by atoms with Crippen LogP contribution in [-0.2, 0) is 12.0 Å². The predicted octanol–water partition coefficient (Wildman–Crippen LogP) is 6.48. The van der Waals surface area contributed by atoms with Gasteiger partial charge in [-0.2, -0.15) is 0 Å². The minimum absolute atomic E-state index is 0.00618. The number of halogens is 1. The summed E-state index contributed by atoms with van der Waals surface area (Å²) < 4.78 is 14.4. The van der Waals surface area contributed by atoms with Crippen molar-refractivity contribution in [2.24, 2.45) is 0 Å². The first-order chi connectivity index (χ1) is 17.0. The maximum absolute atomic E-state index is 14.4. The Morgan fingerprint density at radius 2 is 1.63 bits per heavy atom. The molecular weight excluding hydrogens is 435 g/mol. The van der Waals surface area contributed by atoms with Gasteiger partial charge in [-0.1, -0.05) is 54.1 Å². The van der Waals surface area contributed by atoms with Crippen LogP contribution in [0, 0.1) is 12.7 Å². The van der Waals surface area contributed by atoms with E-state index in [9.17, 15) is 9.18 Å². The topological polar surface area (TPSA) is 23.6 Å². The van der Waals surface area contributed by atoms with Gasteiger partial charge in [0, 0.05) is 29.8 Å². The lowest BCUT2D eigenvalue weighted by atomic mass is 9.74. The van der Waals surface area contributed by atoms with Gasteiger partial charge in [0.2, 0.25) is 0 Å². The van der Waals surface area contributed by atoms with E-state index in [0.29, 0.717) is 12.1 Å². The predicted molar refractivity (Wildman–Crippen MR) is 139 cm³/mol. The van der Waals surface area contributed by atoms with E-state index in [-0.39, 0.29) is 17.1 Å². The van der Waals surface area contributed by atoms with E-state index in [1.807, 2.05) is 36.1 Å². The number of carbonyl (C=O) groups excluding carboxylic acids is 1. The number of rotatable bonds is 3. The van der Waals surface area contributed by atoms with Crippen LogP contribution in [0.4, 0.5) is 10.1 Å². The monoisotopic (exact) mass is 464 g/mol. The minimum atomic E-state index is -0.230. The molecule has 0 aromatic heterocycles. The zero-order valence-electron chi connectivity index (χ0n) is 20.0. The minimum Gasteiger partial charge on any atom is -0.307 e. The van der Waals surface area contributed by atoms with E-state index in [0.717, 1.165) is 49.3 Å². The van der Waals surface area contributed by atoms with Gasteiger partial charge in [0.1, 0.15) is 5.82 Å². The molecule has 35 heavy (non-hydrogen) atoms. The Labute approximate surface area is 205 Å². The normalized spacial score (nSPS) is 17.1. The number of fused-ring (bicyclic) bond motifs is 3. The molecule has 2 heterocycles. The van der Waals surface area contributed by atoms with Crippen molar-refractivity contribution in [3.8, 4) is 0 Å². The van der Waals surface area contributed by atoms with Crippen LogP contribution in [0.2, 0.25) is 0 Å². The summed E-state index contributed by atoms with van der Waals surface area (Å²) in [5, 5.41) is 2.53. The number of anilines is 1. The summed E-state index contributed by atoms with van der Waals surface area (Å²) in [6.07, 6.45) is 1.82. The zero-order chi connectivity index (χ0) is 24.0. The van der Waals surface area contributed by atoms with E-state index in [1.54, 1.807) is 12.1 Å². The maximum Gasteiger partial charge on any atom is 0.258 e. The molecule has 3 nitrogen and oxygen atoms in total. The van der Waals surface area contributed by atoms with E-state index in [2.05, 4.69) is 47.4 Å². The number of hydrogen-bond acceptors (Lipinski definition) is 2. The molecule has 0 bridgehead atoms. The number of hydrogen-bond donors (Lipinski definition) is 0. The average molecular weight is 465 g/mol. The van der Waals surface area contributed by atoms with Crippen LogP contribution in [-0.4, -0.2) is 30.4 Å². The highest BCUT2D eigenvalue weighted by molar-refractivity contribution is 6.07. The fourth-order valence-corrected chi connectivity index (χ4v) is 5.84. The Hall–Kier alpha value is -3.50. The first-order valence-electron chi connectivity index (χ1n) is 12.4. The van der Waals surface area contributed by atoms with Gasteiger partial charge in [-0.3, -0.25) is 9.69 Å². The molecule has 1 amide bonds. The molecule has 0 N–H and O–H groups in total. The molecule has 0 radical (unpaired) electrons. The van der Waals surface area contributed by atoms with Gasteiger partial charge in [0.15, 0.2) is 0 Å². The molecule has 1 saturated heterocycles. The zero-order valence-corrected chi connectivity index (χ0v) is 20.0. The van der Waals surface area contributed by atoms with Crippen molar-refractivity contribution in [1.82, 2.24) is 4.90 Å². The second kappa shape index (κ2) is 8.62. The van der Waals surface area contributed by atoms with Crippen molar-refractivity contribution in [1.29, 1.82) is 0 Å². The Kier molecular flexibility index (Phi) is 5.42. The molecule has 0 saturated carbocycles. The fourth-order valence-electron chi connectivity index (χ4n) is 5.84. The van der Waals surface area contributed by atoms with E-state index < -0.39 is 0 Å². The van der Waals surface area contributed by atoms with Gasteiger partial charge in [-0.05, 0) is 91.2 Å². The standard InChI is InChI=1S/C31H29FN2O/c1-22-6-9-25(10-7-22)30(35)34-21-31(28-19-27(32)12-13-29(28)34)14-16-33(17-15-31)20-23-8-11-24-4-2-3-5-26(24)18-23/h2-13,18-19H,14-17,20-21H2,1H3. The molecule has 2 aliphatic heterocycles. The highest BCUT2D eigenvalue weighted by Crippen LogP contribution is 2.48. The summed E-state index contributed by atoms with van der Waals surface area (Å²) in [5.74, 6) is -0.236. The van der Waals surface area contributed by atoms with Crippen molar-refractivity contribution >= 4 is 22.4 Å². The van der Waals surface area contributed by atoms with Gasteiger partial charge in [0.25, 0.3) is 5.91 Å². The first kappa shape index (κ1) is 22.0. The Balaban J connectivity index is 1.23. The highest BCUT2D eigenvalue weighted by Gasteiger charge is 2.46. The van der Waals surface area contributed by atoms with Crippen LogP contribution in [0.5, 0.6) is 0 Å². The van der Waals surface area contributed by atoms with E-state index in [4.69, 9.17) is 0 Å². The largest absolute Gasteiger partial charge is 0.307 e. The third-order valence-electron chi connectivity index (χ3n) is 7.86. The van der Waals surface area contributed by atoms with Gasteiger partial charge in [-0.25, -0.2) is 4.39 Å². The van der Waals surface area contributed by atoms with Gasteiger partial charge in [0.05, 0.1) is 0 Å². The summed E-state index contributed by atoms with van der Waals surface area (Å²) in [7, 11) is 0. The molecular formula is C31H29FN2O. The number of likely N-dealkylation sites (tertiary alicyclic amines) is 1. The molecule has 0 aliphatic carbocycles. The lowest BCUT2D eigenvalue weighted by Crippen LogP contribution is -2.45. The van der Waals surface area contributed by atoms with Gasteiger partial charge in [-0.15, -0.1) is 0 Å². The molecule has 1 fully saturated rings. The summed E-state index contributed by atoms with van der Waals surface area (Å²) in [4.78, 5) is 17.8. The molecule has 0 unspecified atom stereocenters. The Bertz CT molecular complexity index is 1400. The number of benzene rings is 4. The molecule has 1 spiro atoms. The van der Waals surface area contributed by atoms with Crippen molar-refractivity contribution in [3.05, 3.63) is 113 Å². The van der Waals surface area contributed by atoms with E-state index >= 15 is 0 Å². The van der Waals surface area contributed by atoms with Crippen molar-refractivity contribution in [2.75, 3.05) is 24.5 Å². The second-order valence-corrected chi connectivity index (χ2v) is 10.2. The summed E-state index contributed by atoms with van der Waals surface area (Å²) in [6.45, 7) is 5.39. The molecule has 4 heteroatoms. The third kappa shape index (κ3) is 4.02. The summed E-state index contributed by atoms with van der Waals surface area (Å²) in [6, 6.07) is 27.8. The van der Waals surface area contributed by atoms with Crippen molar-refractivity contribution in [3.63, 3.8) is 0 Å². The second-order valence-electron chi connectivity index (χ2n) is 10.2. The lowest BCUT2D eigenvalue weighted by Gasteiger charge is -2.40. The van der Waals surface area contributed by atoms with Crippen LogP contribution in [0.3, 0.4) is 0 Å². The fraction of sp³-hybridized carbons (Fsp3) is 0.258. The van der Waals surface area contributed by atoms with Crippen molar-refractivity contribution < 1.29 is 9.18 Å². The third-order valence-corrected chi connectivity index (χ3v) is 7.86. The maximum atomic E-state index is 14.4. The van der Waals surface area contributed by atoms with Gasteiger partial charge >= 0.3 is 0 Å². The van der Waals surface area contributed by atoms with Crippen molar-refractivity contribution in [2.45, 2.75) is 31.7 Å². The molecule has 4 aromatic carbocycles. The van der Waals surface area contributed by atoms with Crippen LogP contribution >= 0.6 is 0 Å². The number of aryl methyl sites for hydroxylation is 1. The average Bonchev–Trinajstić information content (AvgIpc) is 3.18.